The third kappa shape index (κ3) is 2.20. The lowest BCUT2D eigenvalue weighted by Crippen LogP contribution is -2.47. The summed E-state index contributed by atoms with van der Waals surface area (Å²) in [5, 5.41) is 2.13. The van der Waals surface area contributed by atoms with Crippen molar-refractivity contribution in [3.8, 4) is 0 Å². The average molecular weight is 237 g/mol. The molecule has 1 aliphatic heterocycles. The fourth-order valence-electron chi connectivity index (χ4n) is 2.03. The van der Waals surface area contributed by atoms with E-state index in [4.69, 9.17) is 0 Å². The van der Waals surface area contributed by atoms with E-state index in [1.807, 2.05) is 36.4 Å². The normalized spacial score (nSPS) is 14.9. The molecule has 2 aromatic carbocycles. The van der Waals surface area contributed by atoms with Crippen LogP contribution >= 0.6 is 0 Å². The molecule has 0 aromatic heterocycles. The molecule has 0 saturated carbocycles. The smallest absolute Gasteiger partial charge is 0.147 e. The van der Waals surface area contributed by atoms with Gasteiger partial charge in [0.25, 0.3) is 0 Å². The number of rotatable bonds is 2. The molecule has 3 heteroatoms. The third-order valence-electron chi connectivity index (χ3n) is 2.95. The van der Waals surface area contributed by atoms with E-state index < -0.39 is 0 Å². The van der Waals surface area contributed by atoms with Crippen molar-refractivity contribution < 1.29 is 0 Å². The summed E-state index contributed by atoms with van der Waals surface area (Å²) in [6.07, 6.45) is 0. The Morgan fingerprint density at radius 3 is 2.28 bits per heavy atom. The first-order valence-corrected chi connectivity index (χ1v) is 6.12. The summed E-state index contributed by atoms with van der Waals surface area (Å²) in [6.45, 7) is 1.70. The Kier molecular flexibility index (Phi) is 2.96. The molecule has 0 radical (unpaired) electrons. The van der Waals surface area contributed by atoms with E-state index in [0.717, 1.165) is 24.5 Å². The highest BCUT2D eigenvalue weighted by Gasteiger charge is 2.14. The Labute approximate surface area is 107 Å². The fraction of sp³-hybridized carbons (Fsp3) is 0.133. The van der Waals surface area contributed by atoms with E-state index in [0.29, 0.717) is 0 Å². The van der Waals surface area contributed by atoms with Gasteiger partial charge in [0.1, 0.15) is 5.84 Å². The Bertz CT molecular complexity index is 534. The maximum absolute atomic E-state index is 4.54. The minimum atomic E-state index is 0.812. The van der Waals surface area contributed by atoms with Crippen molar-refractivity contribution in [1.29, 1.82) is 0 Å². The number of aliphatic imine (C=N–C) groups is 1. The van der Waals surface area contributed by atoms with Crippen molar-refractivity contribution in [1.82, 2.24) is 5.43 Å². The zero-order valence-electron chi connectivity index (χ0n) is 10.1. The predicted octanol–water partition coefficient (Wildman–Crippen LogP) is 2.46. The molecule has 0 amide bonds. The number of nitrogens with one attached hydrogen (secondary N) is 1. The van der Waals surface area contributed by atoms with Crippen LogP contribution in [0.15, 0.2) is 65.7 Å². The van der Waals surface area contributed by atoms with Crippen LogP contribution < -0.4 is 10.4 Å². The van der Waals surface area contributed by atoms with Crippen molar-refractivity contribution in [2.45, 2.75) is 0 Å². The van der Waals surface area contributed by atoms with E-state index in [1.165, 1.54) is 5.69 Å². The van der Waals surface area contributed by atoms with Gasteiger partial charge < -0.3 is 0 Å². The van der Waals surface area contributed by atoms with Crippen LogP contribution in [0.25, 0.3) is 0 Å². The summed E-state index contributed by atoms with van der Waals surface area (Å²) in [6, 6.07) is 20.5. The summed E-state index contributed by atoms with van der Waals surface area (Å²) < 4.78 is 0. The molecule has 0 atom stereocenters. The second-order valence-corrected chi connectivity index (χ2v) is 4.20. The van der Waals surface area contributed by atoms with Crippen LogP contribution in [0.2, 0.25) is 0 Å². The van der Waals surface area contributed by atoms with Crippen molar-refractivity contribution in [3.63, 3.8) is 0 Å². The van der Waals surface area contributed by atoms with Crippen LogP contribution in [0.4, 0.5) is 5.69 Å². The summed E-state index contributed by atoms with van der Waals surface area (Å²) in [4.78, 5) is 4.54. The van der Waals surface area contributed by atoms with Gasteiger partial charge in [-0.1, -0.05) is 48.5 Å². The first kappa shape index (κ1) is 10.8. The van der Waals surface area contributed by atoms with Crippen LogP contribution in [-0.2, 0) is 0 Å². The summed E-state index contributed by atoms with van der Waals surface area (Å²) >= 11 is 0. The molecule has 3 nitrogen and oxygen atoms in total. The second kappa shape index (κ2) is 4.92. The van der Waals surface area contributed by atoms with E-state index in [-0.39, 0.29) is 0 Å². The highest BCUT2D eigenvalue weighted by atomic mass is 15.5. The quantitative estimate of drug-likeness (QED) is 0.868. The SMILES string of the molecule is c1ccc(C2=NCCN(c3ccccc3)N2)cc1. The number of benzene rings is 2. The van der Waals surface area contributed by atoms with Crippen molar-refractivity contribution in [2.24, 2.45) is 4.99 Å². The number of hydrogen-bond acceptors (Lipinski definition) is 3. The second-order valence-electron chi connectivity index (χ2n) is 4.20. The van der Waals surface area contributed by atoms with Crippen LogP contribution in [0, 0.1) is 0 Å². The first-order chi connectivity index (χ1) is 8.93. The maximum Gasteiger partial charge on any atom is 0.147 e. The fourth-order valence-corrected chi connectivity index (χ4v) is 2.03. The molecule has 3 rings (SSSR count). The number of amidine groups is 1. The van der Waals surface area contributed by atoms with E-state index in [1.54, 1.807) is 0 Å². The molecule has 1 N–H and O–H groups in total. The van der Waals surface area contributed by atoms with Gasteiger partial charge in [0.15, 0.2) is 0 Å². The van der Waals surface area contributed by atoms with Gasteiger partial charge in [-0.2, -0.15) is 0 Å². The molecule has 0 unspecified atom stereocenters. The maximum atomic E-state index is 4.54. The molecule has 0 aliphatic carbocycles. The van der Waals surface area contributed by atoms with Gasteiger partial charge in [-0.3, -0.25) is 15.4 Å². The molecule has 90 valence electrons. The highest BCUT2D eigenvalue weighted by Crippen LogP contribution is 2.13. The minimum Gasteiger partial charge on any atom is -0.285 e. The van der Waals surface area contributed by atoms with Gasteiger partial charge in [0.05, 0.1) is 18.8 Å². The highest BCUT2D eigenvalue weighted by molar-refractivity contribution is 6.00. The lowest BCUT2D eigenvalue weighted by Gasteiger charge is -2.30. The number of para-hydroxylation sites is 1. The first-order valence-electron chi connectivity index (χ1n) is 6.12. The average Bonchev–Trinajstić information content (AvgIpc) is 2.49. The molecule has 2 aromatic rings. The number of anilines is 1. The van der Waals surface area contributed by atoms with Crippen molar-refractivity contribution in [2.75, 3.05) is 18.1 Å². The lowest BCUT2D eigenvalue weighted by atomic mass is 10.2. The van der Waals surface area contributed by atoms with Crippen molar-refractivity contribution >= 4 is 11.5 Å². The van der Waals surface area contributed by atoms with E-state index in [9.17, 15) is 0 Å². The largest absolute Gasteiger partial charge is 0.285 e. The number of nitrogens with zero attached hydrogens (tertiary/aromatic N) is 2. The topological polar surface area (TPSA) is 27.6 Å². The van der Waals surface area contributed by atoms with Crippen LogP contribution in [-0.4, -0.2) is 18.9 Å². The van der Waals surface area contributed by atoms with Gasteiger partial charge >= 0.3 is 0 Å². The molecular weight excluding hydrogens is 222 g/mol. The van der Waals surface area contributed by atoms with Gasteiger partial charge in [0.2, 0.25) is 0 Å². The molecule has 1 aliphatic rings. The monoisotopic (exact) mass is 237 g/mol. The molecule has 18 heavy (non-hydrogen) atoms. The van der Waals surface area contributed by atoms with Gasteiger partial charge in [-0.05, 0) is 12.1 Å². The minimum absolute atomic E-state index is 0.812. The Balaban J connectivity index is 1.82. The molecule has 0 saturated heterocycles. The number of hydrogen-bond donors (Lipinski definition) is 1. The van der Waals surface area contributed by atoms with E-state index >= 15 is 0 Å². The summed E-state index contributed by atoms with van der Waals surface area (Å²) in [5.41, 5.74) is 5.66. The number of hydrazine groups is 1. The van der Waals surface area contributed by atoms with Gasteiger partial charge in [-0.15, -0.1) is 0 Å². The van der Waals surface area contributed by atoms with E-state index in [2.05, 4.69) is 39.7 Å². The standard InChI is InChI=1S/C15H15N3/c1-3-7-13(8-4-1)15-16-11-12-18(17-15)14-9-5-2-6-10-14/h1-10H,11-12H2,(H,16,17). The molecule has 0 bridgehead atoms. The Morgan fingerprint density at radius 1 is 0.889 bits per heavy atom. The van der Waals surface area contributed by atoms with Crippen LogP contribution in [0.3, 0.4) is 0 Å². The zero-order chi connectivity index (χ0) is 12.2. The Hall–Kier alpha value is -2.29. The molecular formula is C15H15N3. The van der Waals surface area contributed by atoms with Crippen LogP contribution in [0.5, 0.6) is 0 Å². The zero-order valence-corrected chi connectivity index (χ0v) is 10.1. The summed E-state index contributed by atoms with van der Waals surface area (Å²) in [7, 11) is 0. The van der Waals surface area contributed by atoms with Gasteiger partial charge in [-0.25, -0.2) is 0 Å². The summed E-state index contributed by atoms with van der Waals surface area (Å²) in [5.74, 6) is 0.936. The molecule has 0 fully saturated rings. The predicted molar refractivity (Wildman–Crippen MR) is 74.8 cm³/mol. The molecule has 0 spiro atoms. The molecule has 1 heterocycles. The Morgan fingerprint density at radius 2 is 1.56 bits per heavy atom. The third-order valence-corrected chi connectivity index (χ3v) is 2.95. The lowest BCUT2D eigenvalue weighted by molar-refractivity contribution is 0.721. The van der Waals surface area contributed by atoms with Crippen LogP contribution in [0.1, 0.15) is 5.56 Å². The van der Waals surface area contributed by atoms with Gasteiger partial charge in [0, 0.05) is 5.56 Å². The van der Waals surface area contributed by atoms with Crippen molar-refractivity contribution in [3.05, 3.63) is 66.2 Å².